The molecule has 8 nitrogen and oxygen atoms in total. The van der Waals surface area contributed by atoms with Crippen molar-refractivity contribution in [3.05, 3.63) is 32.7 Å². The molecular formula is C13H18N4O4. The second kappa shape index (κ2) is 6.15. The first kappa shape index (κ1) is 15.3. The predicted octanol–water partition coefficient (Wildman–Crippen LogP) is -0.738. The number of aromatic amines is 1. The van der Waals surface area contributed by atoms with Gasteiger partial charge in [-0.3, -0.25) is 9.78 Å². The van der Waals surface area contributed by atoms with E-state index in [1.807, 2.05) is 0 Å². The van der Waals surface area contributed by atoms with Crippen LogP contribution in [0.1, 0.15) is 25.5 Å². The molecule has 0 aliphatic carbocycles. The quantitative estimate of drug-likeness (QED) is 0.668. The smallest absolute Gasteiger partial charge is 0.349 e. The first-order chi connectivity index (χ1) is 9.93. The molecule has 0 radical (unpaired) electrons. The lowest BCUT2D eigenvalue weighted by molar-refractivity contribution is 0.0103. The Kier molecular flexibility index (Phi) is 4.49. The van der Waals surface area contributed by atoms with Crippen LogP contribution in [0, 0.1) is 6.92 Å². The summed E-state index contributed by atoms with van der Waals surface area (Å²) < 4.78 is 1.64. The Morgan fingerprint density at radius 3 is 2.71 bits per heavy atom. The molecule has 0 fully saturated rings. The van der Waals surface area contributed by atoms with E-state index in [9.17, 15) is 19.8 Å². The van der Waals surface area contributed by atoms with E-state index in [1.54, 1.807) is 18.4 Å². The molecule has 2 atom stereocenters. The van der Waals surface area contributed by atoms with Crippen LogP contribution in [0.5, 0.6) is 0 Å². The molecule has 0 amide bonds. The molecule has 2 aliphatic rings. The van der Waals surface area contributed by atoms with Gasteiger partial charge in [0.05, 0.1) is 12.2 Å². The van der Waals surface area contributed by atoms with E-state index in [2.05, 4.69) is 15.0 Å². The number of nitrogens with zero attached hydrogens (tertiary/aromatic N) is 3. The fraction of sp³-hybridized carbons (Fsp3) is 0.538. The Balaban J connectivity index is 2.37. The number of aliphatic hydroxyl groups is 2. The summed E-state index contributed by atoms with van der Waals surface area (Å²) in [6, 6.07) is 0. The number of H-pyrrole nitrogens is 1. The monoisotopic (exact) mass is 294 g/mol. The number of aryl methyl sites for hydroxylation is 1. The van der Waals surface area contributed by atoms with Crippen LogP contribution in [0.25, 0.3) is 11.5 Å². The third kappa shape index (κ3) is 3.17. The largest absolute Gasteiger partial charge is 0.390 e. The van der Waals surface area contributed by atoms with Gasteiger partial charge >= 0.3 is 5.69 Å². The minimum atomic E-state index is -0.876. The highest BCUT2D eigenvalue weighted by Gasteiger charge is 2.19. The van der Waals surface area contributed by atoms with E-state index in [1.165, 1.54) is 6.20 Å². The topological polar surface area (TPSA) is 121 Å². The summed E-state index contributed by atoms with van der Waals surface area (Å²) in [4.78, 5) is 32.9. The highest BCUT2D eigenvalue weighted by molar-refractivity contribution is 5.48. The number of aliphatic hydroxyl groups excluding tert-OH is 2. The Morgan fingerprint density at radius 1 is 1.33 bits per heavy atom. The van der Waals surface area contributed by atoms with E-state index in [4.69, 9.17) is 0 Å². The molecule has 21 heavy (non-hydrogen) atoms. The van der Waals surface area contributed by atoms with Crippen LogP contribution in [0.15, 0.2) is 15.8 Å². The van der Waals surface area contributed by atoms with Crippen molar-refractivity contribution in [1.29, 1.82) is 0 Å². The van der Waals surface area contributed by atoms with Crippen LogP contribution < -0.4 is 11.2 Å². The zero-order valence-corrected chi connectivity index (χ0v) is 11.9. The summed E-state index contributed by atoms with van der Waals surface area (Å²) in [6.45, 7) is 3.86. The molecule has 2 aliphatic heterocycles. The van der Waals surface area contributed by atoms with Crippen LogP contribution in [0.2, 0.25) is 0 Å². The molecule has 0 unspecified atom stereocenters. The van der Waals surface area contributed by atoms with E-state index < -0.39 is 23.5 Å². The summed E-state index contributed by atoms with van der Waals surface area (Å²) in [5.74, 6) is 0.182. The average Bonchev–Trinajstić information content (AvgIpc) is 2.44. The highest BCUT2D eigenvalue weighted by Crippen LogP contribution is 2.15. The number of nitrogens with one attached hydrogen (secondary N) is 1. The van der Waals surface area contributed by atoms with Crippen molar-refractivity contribution in [2.24, 2.45) is 0 Å². The average molecular weight is 294 g/mol. The van der Waals surface area contributed by atoms with E-state index >= 15 is 0 Å². The maximum atomic E-state index is 11.7. The summed E-state index contributed by atoms with van der Waals surface area (Å²) in [5, 5.41) is 19.4. The molecule has 0 aromatic carbocycles. The van der Waals surface area contributed by atoms with Crippen molar-refractivity contribution in [3.63, 3.8) is 0 Å². The fourth-order valence-electron chi connectivity index (χ4n) is 2.14. The van der Waals surface area contributed by atoms with Crippen LogP contribution >= 0.6 is 0 Å². The molecule has 2 heterocycles. The SMILES string of the molecule is CC[C@@H](O)[C@@H](O)CCn1c(C)cnc2c(=O)[nH]c(=O)nc1-2. The van der Waals surface area contributed by atoms with Gasteiger partial charge in [-0.1, -0.05) is 6.92 Å². The van der Waals surface area contributed by atoms with Crippen molar-refractivity contribution in [1.82, 2.24) is 19.5 Å². The van der Waals surface area contributed by atoms with Gasteiger partial charge in [0.1, 0.15) is 0 Å². The first-order valence-corrected chi connectivity index (χ1v) is 6.76. The summed E-state index contributed by atoms with van der Waals surface area (Å²) in [5.41, 5.74) is -0.542. The minimum Gasteiger partial charge on any atom is -0.390 e. The van der Waals surface area contributed by atoms with Crippen molar-refractivity contribution in [2.45, 2.75) is 45.4 Å². The van der Waals surface area contributed by atoms with Gasteiger partial charge in [-0.2, -0.15) is 4.98 Å². The number of hydrogen-bond donors (Lipinski definition) is 3. The van der Waals surface area contributed by atoms with Crippen molar-refractivity contribution < 1.29 is 10.2 Å². The molecule has 0 spiro atoms. The maximum absolute atomic E-state index is 11.7. The van der Waals surface area contributed by atoms with Gasteiger partial charge in [0, 0.05) is 18.4 Å². The molecule has 0 aromatic heterocycles. The molecule has 2 rings (SSSR count). The Labute approximate surface area is 120 Å². The van der Waals surface area contributed by atoms with Gasteiger partial charge in [-0.05, 0) is 19.8 Å². The normalized spacial score (nSPS) is 14.3. The maximum Gasteiger partial charge on any atom is 0.349 e. The zero-order valence-electron chi connectivity index (χ0n) is 11.9. The molecule has 114 valence electrons. The van der Waals surface area contributed by atoms with Crippen LogP contribution in [-0.2, 0) is 6.54 Å². The lowest BCUT2D eigenvalue weighted by atomic mass is 10.1. The predicted molar refractivity (Wildman–Crippen MR) is 75.2 cm³/mol. The lowest BCUT2D eigenvalue weighted by Gasteiger charge is -2.20. The van der Waals surface area contributed by atoms with E-state index in [0.717, 1.165) is 0 Å². The van der Waals surface area contributed by atoms with Crippen LogP contribution in [-0.4, -0.2) is 41.9 Å². The lowest BCUT2D eigenvalue weighted by Crippen LogP contribution is -2.31. The van der Waals surface area contributed by atoms with Gasteiger partial charge < -0.3 is 14.8 Å². The van der Waals surface area contributed by atoms with Crippen molar-refractivity contribution in [3.8, 4) is 11.5 Å². The number of hydrogen-bond acceptors (Lipinski definition) is 6. The third-order valence-corrected chi connectivity index (χ3v) is 3.43. The molecule has 0 saturated heterocycles. The second-order valence-corrected chi connectivity index (χ2v) is 4.93. The standard InChI is InChI=1S/C13H18N4O4/c1-3-8(18)9(19)4-5-17-7(2)6-14-10-11(17)15-13(21)16-12(10)20/h6,8-9,18-19H,3-5H2,1-2H3,(H,16,20,21)/t8-,9+/m1/s1. The van der Waals surface area contributed by atoms with Gasteiger partial charge in [0.2, 0.25) is 0 Å². The molecular weight excluding hydrogens is 276 g/mol. The Hall–Kier alpha value is -2.06. The molecule has 3 N–H and O–H groups in total. The van der Waals surface area contributed by atoms with Crippen LogP contribution in [0.4, 0.5) is 0 Å². The van der Waals surface area contributed by atoms with Crippen molar-refractivity contribution >= 4 is 0 Å². The zero-order chi connectivity index (χ0) is 15.6. The molecule has 0 aromatic rings. The van der Waals surface area contributed by atoms with Crippen LogP contribution in [0.3, 0.4) is 0 Å². The summed E-state index contributed by atoms with van der Waals surface area (Å²) in [6.07, 6.45) is 0.559. The van der Waals surface area contributed by atoms with Gasteiger partial charge in [0.15, 0.2) is 11.5 Å². The Bertz CT molecular complexity index is 708. The summed E-state index contributed by atoms with van der Waals surface area (Å²) in [7, 11) is 0. The fourth-order valence-corrected chi connectivity index (χ4v) is 2.14. The van der Waals surface area contributed by atoms with Gasteiger partial charge in [0.25, 0.3) is 5.56 Å². The Morgan fingerprint density at radius 2 is 2.05 bits per heavy atom. The van der Waals surface area contributed by atoms with Crippen molar-refractivity contribution in [2.75, 3.05) is 0 Å². The molecule has 0 bridgehead atoms. The number of fused-ring (bicyclic) bond motifs is 1. The van der Waals surface area contributed by atoms with Gasteiger partial charge in [-0.15, -0.1) is 0 Å². The second-order valence-electron chi connectivity index (χ2n) is 4.93. The van der Waals surface area contributed by atoms with Gasteiger partial charge in [-0.25, -0.2) is 9.78 Å². The summed E-state index contributed by atoms with van der Waals surface area (Å²) >= 11 is 0. The third-order valence-electron chi connectivity index (χ3n) is 3.43. The minimum absolute atomic E-state index is 0.0747. The van der Waals surface area contributed by atoms with E-state index in [-0.39, 0.29) is 17.9 Å². The first-order valence-electron chi connectivity index (χ1n) is 6.76. The molecule has 0 saturated carbocycles. The number of rotatable bonds is 5. The number of aromatic nitrogens is 4. The van der Waals surface area contributed by atoms with E-state index in [0.29, 0.717) is 18.7 Å². The molecule has 8 heteroatoms. The highest BCUT2D eigenvalue weighted by atomic mass is 16.3.